The monoisotopic (exact) mass is 345 g/mol. The van der Waals surface area contributed by atoms with Crippen LogP contribution in [0.25, 0.3) is 11.3 Å². The second-order valence-corrected chi connectivity index (χ2v) is 5.43. The third-order valence-electron chi connectivity index (χ3n) is 3.75. The molecule has 1 atom stereocenters. The van der Waals surface area contributed by atoms with E-state index in [4.69, 9.17) is 18.9 Å². The molecule has 1 aromatic carbocycles. The lowest BCUT2D eigenvalue weighted by Crippen LogP contribution is -2.33. The molecule has 2 aromatic rings. The molecule has 0 spiro atoms. The van der Waals surface area contributed by atoms with Crippen LogP contribution < -0.4 is 9.47 Å². The minimum absolute atomic E-state index is 0.153. The average molecular weight is 345 g/mol. The Balaban J connectivity index is 1.84. The van der Waals surface area contributed by atoms with E-state index in [-0.39, 0.29) is 24.2 Å². The third-order valence-corrected chi connectivity index (χ3v) is 3.75. The van der Waals surface area contributed by atoms with E-state index >= 15 is 0 Å². The van der Waals surface area contributed by atoms with Crippen LogP contribution in [0.5, 0.6) is 11.5 Å². The van der Waals surface area contributed by atoms with E-state index in [0.29, 0.717) is 36.8 Å². The lowest BCUT2D eigenvalue weighted by Gasteiger charge is -2.23. The maximum Gasteiger partial charge on any atom is 0.358 e. The van der Waals surface area contributed by atoms with E-state index < -0.39 is 5.97 Å². The first-order chi connectivity index (χ1) is 12.2. The fraction of sp³-hybridized carbons (Fsp3) is 0.333. The largest absolute Gasteiger partial charge is 0.496 e. The van der Waals surface area contributed by atoms with Crippen LogP contribution in [0.2, 0.25) is 0 Å². The van der Waals surface area contributed by atoms with Gasteiger partial charge in [-0.25, -0.2) is 9.78 Å². The van der Waals surface area contributed by atoms with Gasteiger partial charge in [0.25, 0.3) is 0 Å². The van der Waals surface area contributed by atoms with E-state index in [1.807, 2.05) is 18.2 Å². The smallest absolute Gasteiger partial charge is 0.358 e. The van der Waals surface area contributed by atoms with Gasteiger partial charge < -0.3 is 24.1 Å². The van der Waals surface area contributed by atoms with Crippen molar-refractivity contribution >= 4 is 5.97 Å². The Morgan fingerprint density at radius 1 is 1.24 bits per heavy atom. The number of carbonyl (C=O) groups is 1. The summed E-state index contributed by atoms with van der Waals surface area (Å²) in [5, 5.41) is 9.47. The molecule has 0 saturated carbocycles. The van der Waals surface area contributed by atoms with Crippen LogP contribution in [-0.4, -0.2) is 55.7 Å². The lowest BCUT2D eigenvalue weighted by molar-refractivity contribution is -0.101. The first-order valence-electron chi connectivity index (χ1n) is 7.89. The molecule has 1 aromatic heterocycles. The van der Waals surface area contributed by atoms with E-state index in [1.54, 1.807) is 25.3 Å². The SMILES string of the molecule is COc1ccccc1-c1ccc(OC[C@@H]2COCCO2)c(C(=O)O)n1. The van der Waals surface area contributed by atoms with E-state index in [2.05, 4.69) is 4.98 Å². The molecule has 7 nitrogen and oxygen atoms in total. The van der Waals surface area contributed by atoms with Gasteiger partial charge in [-0.3, -0.25) is 0 Å². The molecule has 1 N–H and O–H groups in total. The number of aromatic nitrogens is 1. The van der Waals surface area contributed by atoms with E-state index in [1.165, 1.54) is 0 Å². The van der Waals surface area contributed by atoms with Gasteiger partial charge in [-0.15, -0.1) is 0 Å². The highest BCUT2D eigenvalue weighted by Crippen LogP contribution is 2.30. The number of ether oxygens (including phenoxy) is 4. The number of benzene rings is 1. The van der Waals surface area contributed by atoms with Gasteiger partial charge in [-0.1, -0.05) is 12.1 Å². The number of aromatic carboxylic acids is 1. The zero-order valence-electron chi connectivity index (χ0n) is 13.8. The summed E-state index contributed by atoms with van der Waals surface area (Å²) in [6.07, 6.45) is -0.218. The predicted octanol–water partition coefficient (Wildman–Crippen LogP) is 2.25. The van der Waals surface area contributed by atoms with Gasteiger partial charge >= 0.3 is 5.97 Å². The standard InChI is InChI=1S/C18H19NO6/c1-22-15-5-3-2-4-13(15)14-6-7-16(17(19-14)18(20)21)25-11-12-10-23-8-9-24-12/h2-7,12H,8-11H2,1H3,(H,20,21)/t12-/m0/s1. The summed E-state index contributed by atoms with van der Waals surface area (Å²) in [6, 6.07) is 10.6. The van der Waals surface area contributed by atoms with Gasteiger partial charge in [0.05, 0.1) is 32.6 Å². The minimum Gasteiger partial charge on any atom is -0.496 e. The number of para-hydroxylation sites is 1. The van der Waals surface area contributed by atoms with Crippen LogP contribution in [0.4, 0.5) is 0 Å². The molecule has 3 rings (SSSR count). The lowest BCUT2D eigenvalue weighted by atomic mass is 10.1. The Morgan fingerprint density at radius 2 is 2.08 bits per heavy atom. The zero-order valence-corrected chi connectivity index (χ0v) is 13.8. The third kappa shape index (κ3) is 4.07. The summed E-state index contributed by atoms with van der Waals surface area (Å²) in [5.41, 5.74) is 1.06. The molecule has 1 fully saturated rings. The van der Waals surface area contributed by atoms with Crippen molar-refractivity contribution in [2.75, 3.05) is 33.5 Å². The summed E-state index contributed by atoms with van der Waals surface area (Å²) in [5.74, 6) is -0.347. The Kier molecular flexibility index (Phi) is 5.47. The molecule has 7 heteroatoms. The van der Waals surface area contributed by atoms with Gasteiger partial charge in [0, 0.05) is 5.56 Å². The first-order valence-corrected chi connectivity index (χ1v) is 7.89. The molecule has 1 aliphatic heterocycles. The molecule has 0 bridgehead atoms. The van der Waals surface area contributed by atoms with Crippen LogP contribution in [0.15, 0.2) is 36.4 Å². The maximum absolute atomic E-state index is 11.6. The maximum atomic E-state index is 11.6. The van der Waals surface area contributed by atoms with Crippen molar-refractivity contribution in [2.45, 2.75) is 6.10 Å². The predicted molar refractivity (Wildman–Crippen MR) is 89.2 cm³/mol. The highest BCUT2D eigenvalue weighted by molar-refractivity contribution is 5.89. The molecule has 0 unspecified atom stereocenters. The van der Waals surface area contributed by atoms with Gasteiger partial charge in [0.1, 0.15) is 18.5 Å². The second-order valence-electron chi connectivity index (χ2n) is 5.43. The fourth-order valence-corrected chi connectivity index (χ4v) is 2.54. The molecule has 1 aliphatic rings. The van der Waals surface area contributed by atoms with Crippen molar-refractivity contribution in [1.82, 2.24) is 4.98 Å². The molecule has 132 valence electrons. The molecule has 0 amide bonds. The van der Waals surface area contributed by atoms with Crippen molar-refractivity contribution < 1.29 is 28.8 Å². The van der Waals surface area contributed by atoms with Crippen LogP contribution in [0.1, 0.15) is 10.5 Å². The van der Waals surface area contributed by atoms with Gasteiger partial charge in [-0.2, -0.15) is 0 Å². The molecule has 2 heterocycles. The molecule has 25 heavy (non-hydrogen) atoms. The summed E-state index contributed by atoms with van der Waals surface area (Å²) >= 11 is 0. The van der Waals surface area contributed by atoms with Gasteiger partial charge in [0.15, 0.2) is 11.4 Å². The van der Waals surface area contributed by atoms with Gasteiger partial charge in [-0.05, 0) is 24.3 Å². The van der Waals surface area contributed by atoms with Crippen molar-refractivity contribution in [3.05, 3.63) is 42.1 Å². The number of carboxylic acids is 1. The number of rotatable bonds is 6. The summed E-state index contributed by atoms with van der Waals surface area (Å²) in [6.45, 7) is 1.70. The van der Waals surface area contributed by atoms with Crippen molar-refractivity contribution in [2.24, 2.45) is 0 Å². The number of nitrogens with zero attached hydrogens (tertiary/aromatic N) is 1. The Labute approximate surface area is 145 Å². The molecule has 0 radical (unpaired) electrons. The summed E-state index contributed by atoms with van der Waals surface area (Å²) in [4.78, 5) is 15.8. The fourth-order valence-electron chi connectivity index (χ4n) is 2.54. The number of carboxylic acid groups (broad SMARTS) is 1. The molecular formula is C18H19NO6. The number of hydrogen-bond acceptors (Lipinski definition) is 6. The Bertz CT molecular complexity index is 742. The number of methoxy groups -OCH3 is 1. The molecule has 0 aliphatic carbocycles. The number of pyridine rings is 1. The Hall–Kier alpha value is -2.64. The highest BCUT2D eigenvalue weighted by atomic mass is 16.6. The van der Waals surface area contributed by atoms with Crippen LogP contribution >= 0.6 is 0 Å². The van der Waals surface area contributed by atoms with Crippen molar-refractivity contribution in [1.29, 1.82) is 0 Å². The summed E-state index contributed by atoms with van der Waals surface area (Å²) < 4.78 is 21.7. The quantitative estimate of drug-likeness (QED) is 0.859. The van der Waals surface area contributed by atoms with Crippen LogP contribution in [0, 0.1) is 0 Å². The zero-order chi connectivity index (χ0) is 17.6. The highest BCUT2D eigenvalue weighted by Gasteiger charge is 2.20. The van der Waals surface area contributed by atoms with Crippen molar-refractivity contribution in [3.63, 3.8) is 0 Å². The van der Waals surface area contributed by atoms with E-state index in [9.17, 15) is 9.90 Å². The normalized spacial score (nSPS) is 17.1. The van der Waals surface area contributed by atoms with Crippen molar-refractivity contribution in [3.8, 4) is 22.8 Å². The minimum atomic E-state index is -1.16. The Morgan fingerprint density at radius 3 is 2.80 bits per heavy atom. The topological polar surface area (TPSA) is 87.1 Å². The van der Waals surface area contributed by atoms with E-state index in [0.717, 1.165) is 0 Å². The first kappa shape index (κ1) is 17.2. The number of hydrogen-bond donors (Lipinski definition) is 1. The summed E-state index contributed by atoms with van der Waals surface area (Å²) in [7, 11) is 1.56. The van der Waals surface area contributed by atoms with Crippen LogP contribution in [0.3, 0.4) is 0 Å². The van der Waals surface area contributed by atoms with Crippen LogP contribution in [-0.2, 0) is 9.47 Å². The average Bonchev–Trinajstić information content (AvgIpc) is 2.67. The molecule has 1 saturated heterocycles. The second kappa shape index (κ2) is 7.96. The molecular weight excluding hydrogens is 326 g/mol. The van der Waals surface area contributed by atoms with Gasteiger partial charge in [0.2, 0.25) is 0 Å².